The molecule has 0 N–H and O–H groups in total. The number of hydrogen-bond acceptors (Lipinski definition) is 8. The molecule has 2 aliphatic carbocycles. The summed E-state index contributed by atoms with van der Waals surface area (Å²) in [4.78, 5) is 12.6. The summed E-state index contributed by atoms with van der Waals surface area (Å²) < 4.78 is 21.9. The maximum Gasteiger partial charge on any atom is 0.185 e. The first-order valence-electron chi connectivity index (χ1n) is 14.7. The number of aromatic nitrogens is 5. The van der Waals surface area contributed by atoms with Crippen LogP contribution in [0, 0.1) is 3.70 Å². The van der Waals surface area contributed by atoms with E-state index < -0.39 is 5.79 Å². The van der Waals surface area contributed by atoms with Crippen LogP contribution in [-0.4, -0.2) is 67.4 Å². The average Bonchev–Trinajstić information content (AvgIpc) is 3.75. The number of rotatable bonds is 3. The van der Waals surface area contributed by atoms with Crippen LogP contribution in [0.2, 0.25) is 5.15 Å². The predicted octanol–water partition coefficient (Wildman–Crippen LogP) is 5.82. The van der Waals surface area contributed by atoms with Crippen molar-refractivity contribution in [3.8, 4) is 11.5 Å². The molecule has 39 heavy (non-hydrogen) atoms. The van der Waals surface area contributed by atoms with Gasteiger partial charge in [-0.1, -0.05) is 23.2 Å². The van der Waals surface area contributed by atoms with Gasteiger partial charge in [0, 0.05) is 24.1 Å². The molecule has 4 atom stereocenters. The summed E-state index contributed by atoms with van der Waals surface area (Å²) in [5.74, 6) is 0.814. The van der Waals surface area contributed by atoms with Crippen LogP contribution in [0.15, 0.2) is 4.52 Å². The molecule has 1 unspecified atom stereocenters. The molecule has 0 aromatic carbocycles. The Balaban J connectivity index is 1.22. The Morgan fingerprint density at radius 2 is 1.85 bits per heavy atom. The molecule has 0 amide bonds. The molecule has 208 valence electrons. The highest BCUT2D eigenvalue weighted by Gasteiger charge is 2.61. The molecule has 3 aliphatic heterocycles. The fourth-order valence-electron chi connectivity index (χ4n) is 8.63. The van der Waals surface area contributed by atoms with Gasteiger partial charge in [0.25, 0.3) is 0 Å². The fourth-order valence-corrected chi connectivity index (χ4v) is 9.77. The third-order valence-electron chi connectivity index (χ3n) is 10.4. The van der Waals surface area contributed by atoms with Crippen molar-refractivity contribution in [3.63, 3.8) is 0 Å². The van der Waals surface area contributed by atoms with Crippen LogP contribution in [0.25, 0.3) is 22.6 Å². The minimum absolute atomic E-state index is 0.186. The van der Waals surface area contributed by atoms with E-state index in [9.17, 15) is 0 Å². The van der Waals surface area contributed by atoms with Gasteiger partial charge in [0.2, 0.25) is 0 Å². The fraction of sp³-hybridized carbons (Fsp3) is 0.714. The maximum atomic E-state index is 6.86. The topological polar surface area (TPSA) is 91.3 Å². The third-order valence-corrected chi connectivity index (χ3v) is 11.4. The van der Waals surface area contributed by atoms with E-state index in [0.29, 0.717) is 35.9 Å². The average molecular weight is 665 g/mol. The quantitative estimate of drug-likeness (QED) is 0.256. The van der Waals surface area contributed by atoms with Crippen LogP contribution >= 0.6 is 34.2 Å². The molecule has 3 saturated heterocycles. The van der Waals surface area contributed by atoms with Crippen molar-refractivity contribution >= 4 is 45.2 Å². The van der Waals surface area contributed by atoms with Crippen molar-refractivity contribution in [1.29, 1.82) is 0 Å². The smallest absolute Gasteiger partial charge is 0.185 e. The molecule has 1 saturated carbocycles. The van der Waals surface area contributed by atoms with Crippen molar-refractivity contribution in [2.24, 2.45) is 0 Å². The van der Waals surface area contributed by atoms with Crippen molar-refractivity contribution in [1.82, 2.24) is 29.8 Å². The van der Waals surface area contributed by atoms with E-state index in [2.05, 4.69) is 44.3 Å². The summed E-state index contributed by atoms with van der Waals surface area (Å²) in [6.45, 7) is 4.72. The molecule has 3 aromatic heterocycles. The minimum Gasteiger partial charge on any atom is -0.360 e. The highest BCUT2D eigenvalue weighted by Crippen LogP contribution is 2.57. The Bertz CT molecular complexity index is 1440. The van der Waals surface area contributed by atoms with Crippen LogP contribution in [0.5, 0.6) is 0 Å². The predicted molar refractivity (Wildman–Crippen MR) is 154 cm³/mol. The molecule has 3 aromatic rings. The molecule has 11 heteroatoms. The lowest BCUT2D eigenvalue weighted by atomic mass is 9.61. The van der Waals surface area contributed by atoms with Gasteiger partial charge in [-0.25, -0.2) is 14.6 Å². The van der Waals surface area contributed by atoms with E-state index in [1.807, 2.05) is 0 Å². The van der Waals surface area contributed by atoms with Gasteiger partial charge in [0.1, 0.15) is 8.85 Å². The summed E-state index contributed by atoms with van der Waals surface area (Å²) in [6.07, 6.45) is 12.1. The molecule has 9 nitrogen and oxygen atoms in total. The normalized spacial score (nSPS) is 30.9. The third kappa shape index (κ3) is 3.60. The Hall–Kier alpha value is -1.34. The van der Waals surface area contributed by atoms with Gasteiger partial charge in [0.05, 0.1) is 30.1 Å². The lowest BCUT2D eigenvalue weighted by molar-refractivity contribution is -0.235. The first-order chi connectivity index (χ1) is 19.0. The van der Waals surface area contributed by atoms with E-state index in [4.69, 9.17) is 40.7 Å². The number of ether oxygens (including phenoxy) is 2. The Morgan fingerprint density at radius 1 is 1.03 bits per heavy atom. The zero-order valence-corrected chi connectivity index (χ0v) is 25.2. The summed E-state index contributed by atoms with van der Waals surface area (Å²) in [6, 6.07) is 1.37. The van der Waals surface area contributed by atoms with Crippen LogP contribution in [0.3, 0.4) is 0 Å². The van der Waals surface area contributed by atoms with E-state index >= 15 is 0 Å². The van der Waals surface area contributed by atoms with Gasteiger partial charge < -0.3 is 14.0 Å². The van der Waals surface area contributed by atoms with Gasteiger partial charge in [-0.15, -0.1) is 0 Å². The van der Waals surface area contributed by atoms with Crippen molar-refractivity contribution in [2.75, 3.05) is 19.8 Å². The van der Waals surface area contributed by atoms with Crippen molar-refractivity contribution < 1.29 is 14.0 Å². The Kier molecular flexibility index (Phi) is 6.08. The van der Waals surface area contributed by atoms with Gasteiger partial charge in [-0.3, -0.25) is 4.90 Å². The highest BCUT2D eigenvalue weighted by atomic mass is 127. The first-order valence-corrected chi connectivity index (χ1v) is 16.1. The number of halogens is 2. The number of hydrogen-bond donors (Lipinski definition) is 0. The van der Waals surface area contributed by atoms with E-state index in [1.165, 1.54) is 32.2 Å². The monoisotopic (exact) mass is 664 g/mol. The lowest BCUT2D eigenvalue weighted by Crippen LogP contribution is -2.56. The largest absolute Gasteiger partial charge is 0.360 e. The summed E-state index contributed by atoms with van der Waals surface area (Å²) in [7, 11) is 0. The second kappa shape index (κ2) is 9.34. The number of fused-ring (bicyclic) bond motifs is 5. The minimum atomic E-state index is -0.613. The number of nitrogens with zero attached hydrogens (tertiary/aromatic N) is 6. The van der Waals surface area contributed by atoms with Crippen molar-refractivity contribution in [2.45, 2.75) is 107 Å². The van der Waals surface area contributed by atoms with Crippen LogP contribution < -0.4 is 0 Å². The molecule has 6 heterocycles. The molecule has 5 aliphatic rings. The van der Waals surface area contributed by atoms with E-state index in [0.717, 1.165) is 77.0 Å². The SMILES string of the molecule is C[C@@H]([C@@H]1CCC2CCCN21)n1nc(I)c2c(Cl)nc(-c3noc4c3CCC[C@@]43CCCCC34OCCO4)nc21. The lowest BCUT2D eigenvalue weighted by Gasteiger charge is -2.50. The first kappa shape index (κ1) is 25.4. The van der Waals surface area contributed by atoms with Crippen LogP contribution in [-0.2, 0) is 21.3 Å². The van der Waals surface area contributed by atoms with Gasteiger partial charge in [0.15, 0.2) is 28.7 Å². The van der Waals surface area contributed by atoms with Crippen LogP contribution in [0.1, 0.15) is 88.5 Å². The maximum absolute atomic E-state index is 6.86. The van der Waals surface area contributed by atoms with Crippen molar-refractivity contribution in [3.05, 3.63) is 20.2 Å². The molecule has 8 rings (SSSR count). The molecule has 0 bridgehead atoms. The van der Waals surface area contributed by atoms with Gasteiger partial charge in [-0.2, -0.15) is 5.10 Å². The van der Waals surface area contributed by atoms with E-state index in [1.54, 1.807) is 0 Å². The molecular formula is C28H34ClIN6O3. The van der Waals surface area contributed by atoms with Gasteiger partial charge in [-0.05, 0) is 93.8 Å². The van der Waals surface area contributed by atoms with E-state index in [-0.39, 0.29) is 11.5 Å². The van der Waals surface area contributed by atoms with Gasteiger partial charge >= 0.3 is 0 Å². The highest BCUT2D eigenvalue weighted by molar-refractivity contribution is 14.1. The zero-order valence-electron chi connectivity index (χ0n) is 22.3. The summed E-state index contributed by atoms with van der Waals surface area (Å²) in [5, 5.41) is 10.8. The molecule has 2 spiro atoms. The second-order valence-corrected chi connectivity index (χ2v) is 13.5. The summed E-state index contributed by atoms with van der Waals surface area (Å²) in [5.41, 5.74) is 2.25. The Labute approximate surface area is 246 Å². The molecular weight excluding hydrogens is 631 g/mol. The zero-order chi connectivity index (χ0) is 26.4. The standard InChI is InChI=1S/C28H34ClIN6O3/c1-16(19-9-8-17-6-5-13-35(17)19)36-26-20(24(30)33-36)23(29)31-25(32-26)21-18-7-4-11-27(22(18)39-34-21)10-2-3-12-28(27)37-14-15-38-28/h16-17,19H,2-15H2,1H3/t16-,17?,19-,27-/m0/s1. The second-order valence-electron chi connectivity index (χ2n) is 12.1. The van der Waals surface area contributed by atoms with Crippen LogP contribution in [0.4, 0.5) is 0 Å². The molecule has 0 radical (unpaired) electrons. The summed E-state index contributed by atoms with van der Waals surface area (Å²) >= 11 is 9.12. The molecule has 4 fully saturated rings. The Morgan fingerprint density at radius 3 is 2.72 bits per heavy atom.